The van der Waals surface area contributed by atoms with E-state index in [1.807, 2.05) is 6.07 Å². The van der Waals surface area contributed by atoms with Crippen molar-refractivity contribution in [2.45, 2.75) is 0 Å². The van der Waals surface area contributed by atoms with Crippen LogP contribution in [0.25, 0.3) is 6.08 Å². The van der Waals surface area contributed by atoms with Crippen molar-refractivity contribution >= 4 is 29.3 Å². The zero-order valence-electron chi connectivity index (χ0n) is 12.6. The van der Waals surface area contributed by atoms with E-state index in [1.165, 1.54) is 6.08 Å². The molecule has 0 saturated heterocycles. The highest BCUT2D eigenvalue weighted by molar-refractivity contribution is 6.30. The SMILES string of the molecule is C#CCOc1ccccc1/C=C(\C#N)C(=O)Nc1ccc(Cl)cc1. The zero-order chi connectivity index (χ0) is 17.4. The molecule has 24 heavy (non-hydrogen) atoms. The molecule has 0 fully saturated rings. The third kappa shape index (κ3) is 4.64. The lowest BCUT2D eigenvalue weighted by molar-refractivity contribution is -0.112. The van der Waals surface area contributed by atoms with Gasteiger partial charge < -0.3 is 10.1 Å². The van der Waals surface area contributed by atoms with Crippen molar-refractivity contribution in [1.82, 2.24) is 0 Å². The van der Waals surface area contributed by atoms with Crippen LogP contribution in [0, 0.1) is 23.7 Å². The van der Waals surface area contributed by atoms with E-state index in [9.17, 15) is 10.1 Å². The van der Waals surface area contributed by atoms with Crippen molar-refractivity contribution in [1.29, 1.82) is 5.26 Å². The van der Waals surface area contributed by atoms with Crippen LogP contribution in [-0.2, 0) is 4.79 Å². The Hall–Kier alpha value is -3.21. The van der Waals surface area contributed by atoms with E-state index in [2.05, 4.69) is 11.2 Å². The minimum absolute atomic E-state index is 0.0540. The lowest BCUT2D eigenvalue weighted by Crippen LogP contribution is -2.13. The van der Waals surface area contributed by atoms with Gasteiger partial charge in [0.25, 0.3) is 5.91 Å². The molecule has 1 amide bonds. The summed E-state index contributed by atoms with van der Waals surface area (Å²) >= 11 is 5.80. The van der Waals surface area contributed by atoms with Gasteiger partial charge in [0.1, 0.15) is 24.0 Å². The van der Waals surface area contributed by atoms with Crippen molar-refractivity contribution in [2.75, 3.05) is 11.9 Å². The molecule has 0 heterocycles. The number of nitrogens with zero attached hydrogens (tertiary/aromatic N) is 1. The molecule has 2 aromatic carbocycles. The largest absolute Gasteiger partial charge is 0.480 e. The minimum atomic E-state index is -0.522. The molecule has 0 spiro atoms. The number of para-hydroxylation sites is 1. The second-order valence-electron chi connectivity index (χ2n) is 4.66. The van der Waals surface area contributed by atoms with Crippen LogP contribution in [0.3, 0.4) is 0 Å². The zero-order valence-corrected chi connectivity index (χ0v) is 13.4. The summed E-state index contributed by atoms with van der Waals surface area (Å²) in [6.07, 6.45) is 6.64. The Bertz CT molecular complexity index is 843. The van der Waals surface area contributed by atoms with E-state index >= 15 is 0 Å². The average Bonchev–Trinajstić information content (AvgIpc) is 2.60. The van der Waals surface area contributed by atoms with Crippen LogP contribution in [0.2, 0.25) is 5.02 Å². The molecule has 0 saturated carbocycles. The van der Waals surface area contributed by atoms with Gasteiger partial charge in [0.2, 0.25) is 0 Å². The Morgan fingerprint density at radius 2 is 1.96 bits per heavy atom. The number of terminal acetylenes is 1. The molecule has 0 aliphatic rings. The highest BCUT2D eigenvalue weighted by Crippen LogP contribution is 2.21. The lowest BCUT2D eigenvalue weighted by atomic mass is 10.1. The van der Waals surface area contributed by atoms with Gasteiger partial charge in [-0.05, 0) is 36.4 Å². The van der Waals surface area contributed by atoms with E-state index in [-0.39, 0.29) is 12.2 Å². The number of hydrogen-bond acceptors (Lipinski definition) is 3. The van der Waals surface area contributed by atoms with Crippen LogP contribution in [0.15, 0.2) is 54.1 Å². The van der Waals surface area contributed by atoms with Crippen molar-refractivity contribution in [3.8, 4) is 24.2 Å². The maximum absolute atomic E-state index is 12.3. The second kappa shape index (κ2) is 8.43. The minimum Gasteiger partial charge on any atom is -0.480 e. The molecule has 0 unspecified atom stereocenters. The summed E-state index contributed by atoms with van der Waals surface area (Å²) in [4.78, 5) is 12.3. The molecule has 0 aliphatic heterocycles. The first-order chi connectivity index (χ1) is 11.6. The smallest absolute Gasteiger partial charge is 0.266 e. The molecule has 1 N–H and O–H groups in total. The lowest BCUT2D eigenvalue weighted by Gasteiger charge is -2.07. The van der Waals surface area contributed by atoms with E-state index in [4.69, 9.17) is 22.8 Å². The van der Waals surface area contributed by atoms with E-state index < -0.39 is 5.91 Å². The highest BCUT2D eigenvalue weighted by atomic mass is 35.5. The van der Waals surface area contributed by atoms with Gasteiger partial charge in [0.15, 0.2) is 0 Å². The maximum atomic E-state index is 12.3. The van der Waals surface area contributed by atoms with Crippen LogP contribution in [-0.4, -0.2) is 12.5 Å². The number of carbonyl (C=O) groups excluding carboxylic acids is 1. The fraction of sp³-hybridized carbons (Fsp3) is 0.0526. The Morgan fingerprint density at radius 3 is 2.62 bits per heavy atom. The molecular weight excluding hydrogens is 324 g/mol. The van der Waals surface area contributed by atoms with Gasteiger partial charge in [-0.3, -0.25) is 4.79 Å². The average molecular weight is 337 g/mol. The van der Waals surface area contributed by atoms with Gasteiger partial charge in [-0.1, -0.05) is 35.7 Å². The van der Waals surface area contributed by atoms with Crippen molar-refractivity contribution in [2.24, 2.45) is 0 Å². The summed E-state index contributed by atoms with van der Waals surface area (Å²) in [5.41, 5.74) is 1.08. The molecule has 0 radical (unpaired) electrons. The van der Waals surface area contributed by atoms with E-state index in [0.717, 1.165) is 0 Å². The molecule has 2 rings (SSSR count). The summed E-state index contributed by atoms with van der Waals surface area (Å²) in [5.74, 6) is 2.35. The summed E-state index contributed by atoms with van der Waals surface area (Å²) in [7, 11) is 0. The molecular formula is C19H13ClN2O2. The summed E-state index contributed by atoms with van der Waals surface area (Å²) < 4.78 is 5.41. The fourth-order valence-corrected chi connectivity index (χ4v) is 2.01. The van der Waals surface area contributed by atoms with Crippen LogP contribution in [0.4, 0.5) is 5.69 Å². The van der Waals surface area contributed by atoms with Crippen molar-refractivity contribution in [3.63, 3.8) is 0 Å². The maximum Gasteiger partial charge on any atom is 0.266 e. The number of halogens is 1. The van der Waals surface area contributed by atoms with Crippen LogP contribution in [0.1, 0.15) is 5.56 Å². The third-order valence-electron chi connectivity index (χ3n) is 3.00. The fourth-order valence-electron chi connectivity index (χ4n) is 1.89. The number of nitriles is 1. The first kappa shape index (κ1) is 17.1. The van der Waals surface area contributed by atoms with Crippen LogP contribution >= 0.6 is 11.6 Å². The predicted octanol–water partition coefficient (Wildman–Crippen LogP) is 3.90. The second-order valence-corrected chi connectivity index (χ2v) is 5.10. The van der Waals surface area contributed by atoms with E-state index in [1.54, 1.807) is 48.5 Å². The van der Waals surface area contributed by atoms with E-state index in [0.29, 0.717) is 22.0 Å². The van der Waals surface area contributed by atoms with Gasteiger partial charge in [-0.2, -0.15) is 5.26 Å². The molecule has 0 atom stereocenters. The number of benzene rings is 2. The number of hydrogen-bond donors (Lipinski definition) is 1. The van der Waals surface area contributed by atoms with Gasteiger partial charge >= 0.3 is 0 Å². The molecule has 0 bridgehead atoms. The van der Waals surface area contributed by atoms with Gasteiger partial charge in [-0.25, -0.2) is 0 Å². The quantitative estimate of drug-likeness (QED) is 0.511. The Labute approximate surface area is 145 Å². The molecule has 0 aliphatic carbocycles. The molecule has 118 valence electrons. The highest BCUT2D eigenvalue weighted by Gasteiger charge is 2.11. The first-order valence-electron chi connectivity index (χ1n) is 6.98. The molecule has 2 aromatic rings. The molecule has 0 aromatic heterocycles. The van der Waals surface area contributed by atoms with Crippen molar-refractivity contribution in [3.05, 3.63) is 64.7 Å². The number of amides is 1. The monoisotopic (exact) mass is 336 g/mol. The van der Waals surface area contributed by atoms with Crippen LogP contribution < -0.4 is 10.1 Å². The summed E-state index contributed by atoms with van der Waals surface area (Å²) in [6.45, 7) is 0.101. The topological polar surface area (TPSA) is 62.1 Å². The Morgan fingerprint density at radius 1 is 1.25 bits per heavy atom. The number of anilines is 1. The number of nitrogens with one attached hydrogen (secondary N) is 1. The Kier molecular flexibility index (Phi) is 6.02. The Balaban J connectivity index is 2.23. The number of carbonyl (C=O) groups is 1. The van der Waals surface area contributed by atoms with Crippen molar-refractivity contribution < 1.29 is 9.53 Å². The standard InChI is InChI=1S/C19H13ClN2O2/c1-2-11-24-18-6-4-3-5-14(18)12-15(13-21)19(23)22-17-9-7-16(20)8-10-17/h1,3-10,12H,11H2,(H,22,23)/b15-12+. The predicted molar refractivity (Wildman–Crippen MR) is 94.4 cm³/mol. The molecule has 5 heteroatoms. The summed E-state index contributed by atoms with van der Waals surface area (Å²) in [6, 6.07) is 15.5. The number of rotatable bonds is 5. The van der Waals surface area contributed by atoms with Gasteiger partial charge in [0.05, 0.1) is 0 Å². The van der Waals surface area contributed by atoms with Crippen LogP contribution in [0.5, 0.6) is 5.75 Å². The van der Waals surface area contributed by atoms with Gasteiger partial charge in [0, 0.05) is 16.3 Å². The number of ether oxygens (including phenoxy) is 1. The third-order valence-corrected chi connectivity index (χ3v) is 3.25. The first-order valence-corrected chi connectivity index (χ1v) is 7.36. The normalized spacial score (nSPS) is 10.4. The van der Waals surface area contributed by atoms with Gasteiger partial charge in [-0.15, -0.1) is 6.42 Å². The molecule has 4 nitrogen and oxygen atoms in total. The summed E-state index contributed by atoms with van der Waals surface area (Å²) in [5, 5.41) is 12.5.